The second kappa shape index (κ2) is 3.76. The summed E-state index contributed by atoms with van der Waals surface area (Å²) in [7, 11) is 0. The van der Waals surface area contributed by atoms with Crippen LogP contribution < -0.4 is 0 Å². The molecule has 2 N–H and O–H groups in total. The molecule has 0 aromatic heterocycles. The first-order valence-electron chi connectivity index (χ1n) is 3.69. The molecule has 11 heavy (non-hydrogen) atoms. The molecule has 1 saturated heterocycles. The van der Waals surface area contributed by atoms with Crippen molar-refractivity contribution < 1.29 is 14.9 Å². The molecule has 0 bridgehead atoms. The van der Waals surface area contributed by atoms with E-state index in [0.717, 1.165) is 0 Å². The van der Waals surface area contributed by atoms with Crippen molar-refractivity contribution >= 4 is 11.8 Å². The van der Waals surface area contributed by atoms with E-state index in [-0.39, 0.29) is 11.4 Å². The van der Waals surface area contributed by atoms with Crippen LogP contribution in [0.3, 0.4) is 0 Å². The van der Waals surface area contributed by atoms with Gasteiger partial charge in [0.1, 0.15) is 0 Å². The highest BCUT2D eigenvalue weighted by Gasteiger charge is 2.33. The molecule has 0 aromatic carbocycles. The molecule has 4 atom stereocenters. The lowest BCUT2D eigenvalue weighted by atomic mass is 10.1. The normalized spacial score (nSPS) is 45.8. The Hall–Kier alpha value is 0.230. The van der Waals surface area contributed by atoms with Crippen LogP contribution in [0.4, 0.5) is 0 Å². The third-order valence-electron chi connectivity index (χ3n) is 1.93. The van der Waals surface area contributed by atoms with Crippen LogP contribution in [0.25, 0.3) is 0 Å². The van der Waals surface area contributed by atoms with Crippen LogP contribution >= 0.6 is 11.8 Å². The molecule has 0 unspecified atom stereocenters. The molecule has 0 aliphatic carbocycles. The quantitative estimate of drug-likeness (QED) is 0.602. The van der Waals surface area contributed by atoms with Crippen molar-refractivity contribution in [3.63, 3.8) is 0 Å². The van der Waals surface area contributed by atoms with Crippen LogP contribution in [0.15, 0.2) is 0 Å². The summed E-state index contributed by atoms with van der Waals surface area (Å²) in [6.45, 7) is 1.87. The van der Waals surface area contributed by atoms with Gasteiger partial charge in [0, 0.05) is 6.42 Å². The van der Waals surface area contributed by atoms with Crippen molar-refractivity contribution in [1.29, 1.82) is 0 Å². The zero-order valence-electron chi connectivity index (χ0n) is 6.73. The maximum atomic E-state index is 9.45. The third kappa shape index (κ3) is 2.08. The van der Waals surface area contributed by atoms with Gasteiger partial charge in [-0.25, -0.2) is 0 Å². The van der Waals surface area contributed by atoms with Gasteiger partial charge in [-0.15, -0.1) is 0 Å². The Morgan fingerprint density at radius 3 is 2.55 bits per heavy atom. The topological polar surface area (TPSA) is 49.7 Å². The minimum Gasteiger partial charge on any atom is -0.392 e. The molecule has 1 rings (SSSR count). The molecule has 0 amide bonds. The first kappa shape index (κ1) is 9.32. The minimum absolute atomic E-state index is 0.0660. The molecule has 0 spiro atoms. The van der Waals surface area contributed by atoms with E-state index in [1.54, 1.807) is 11.8 Å². The second-order valence-electron chi connectivity index (χ2n) is 2.80. The summed E-state index contributed by atoms with van der Waals surface area (Å²) in [5.41, 5.74) is 0. The minimum atomic E-state index is -0.789. The first-order chi connectivity index (χ1) is 5.15. The van der Waals surface area contributed by atoms with E-state index in [1.165, 1.54) is 0 Å². The second-order valence-corrected chi connectivity index (χ2v) is 3.81. The van der Waals surface area contributed by atoms with Crippen LogP contribution in [-0.2, 0) is 4.74 Å². The molecule has 0 radical (unpaired) electrons. The van der Waals surface area contributed by atoms with Gasteiger partial charge in [0.05, 0.1) is 17.5 Å². The number of ether oxygens (including phenoxy) is 1. The predicted molar refractivity (Wildman–Crippen MR) is 44.5 cm³/mol. The smallest absolute Gasteiger partial charge is 0.157 e. The van der Waals surface area contributed by atoms with Gasteiger partial charge in [0.25, 0.3) is 0 Å². The van der Waals surface area contributed by atoms with Gasteiger partial charge < -0.3 is 14.9 Å². The SMILES string of the molecule is CS[C@H]1[C@@H](O)C[C@@H](O)O[C@@H]1C. The number of aliphatic hydroxyl groups is 2. The molecule has 1 heterocycles. The maximum Gasteiger partial charge on any atom is 0.157 e. The van der Waals surface area contributed by atoms with Gasteiger partial charge in [0.2, 0.25) is 0 Å². The van der Waals surface area contributed by atoms with Gasteiger partial charge in [0.15, 0.2) is 6.29 Å². The fourth-order valence-electron chi connectivity index (χ4n) is 1.38. The number of thioether (sulfide) groups is 1. The molecular weight excluding hydrogens is 164 g/mol. The van der Waals surface area contributed by atoms with Crippen LogP contribution in [0.5, 0.6) is 0 Å². The fourth-order valence-corrected chi connectivity index (χ4v) is 2.26. The Balaban J connectivity index is 2.52. The molecule has 1 aliphatic rings. The largest absolute Gasteiger partial charge is 0.392 e. The molecule has 0 aromatic rings. The number of rotatable bonds is 1. The van der Waals surface area contributed by atoms with E-state index in [4.69, 9.17) is 9.84 Å². The lowest BCUT2D eigenvalue weighted by Crippen LogP contribution is -2.44. The summed E-state index contributed by atoms with van der Waals surface area (Å²) in [4.78, 5) is 0. The standard InChI is InChI=1S/C7H14O3S/c1-4-7(11-2)5(8)3-6(9)10-4/h4-9H,3H2,1-2H3/t4-,5+,6+,7-/m1/s1. The van der Waals surface area contributed by atoms with Gasteiger partial charge in [-0.1, -0.05) is 0 Å². The van der Waals surface area contributed by atoms with E-state index in [2.05, 4.69) is 0 Å². The van der Waals surface area contributed by atoms with Gasteiger partial charge in [-0.05, 0) is 13.2 Å². The van der Waals surface area contributed by atoms with E-state index in [0.29, 0.717) is 6.42 Å². The highest BCUT2D eigenvalue weighted by molar-refractivity contribution is 7.99. The molecular formula is C7H14O3S. The van der Waals surface area contributed by atoms with Crippen LogP contribution in [0, 0.1) is 0 Å². The van der Waals surface area contributed by atoms with E-state index >= 15 is 0 Å². The van der Waals surface area contributed by atoms with E-state index < -0.39 is 12.4 Å². The van der Waals surface area contributed by atoms with Crippen molar-refractivity contribution in [2.45, 2.75) is 37.1 Å². The van der Waals surface area contributed by atoms with E-state index in [9.17, 15) is 5.11 Å². The molecule has 0 saturated carbocycles. The summed E-state index contributed by atoms with van der Waals surface area (Å²) in [5.74, 6) is 0. The Kier molecular flexibility index (Phi) is 3.18. The third-order valence-corrected chi connectivity index (χ3v) is 3.17. The zero-order chi connectivity index (χ0) is 8.43. The summed E-state index contributed by atoms with van der Waals surface area (Å²) in [6.07, 6.45) is 0.970. The van der Waals surface area contributed by atoms with Crippen LogP contribution in [0.2, 0.25) is 0 Å². The van der Waals surface area contributed by atoms with Gasteiger partial charge in [-0.3, -0.25) is 0 Å². The number of aliphatic hydroxyl groups excluding tert-OH is 2. The van der Waals surface area contributed by atoms with Crippen molar-refractivity contribution in [2.75, 3.05) is 6.26 Å². The van der Waals surface area contributed by atoms with E-state index in [1.807, 2.05) is 13.2 Å². The lowest BCUT2D eigenvalue weighted by molar-refractivity contribution is -0.179. The number of hydrogen-bond acceptors (Lipinski definition) is 4. The maximum absolute atomic E-state index is 9.45. The zero-order valence-corrected chi connectivity index (χ0v) is 7.54. The van der Waals surface area contributed by atoms with Crippen molar-refractivity contribution in [1.82, 2.24) is 0 Å². The van der Waals surface area contributed by atoms with Crippen molar-refractivity contribution in [2.24, 2.45) is 0 Å². The molecule has 3 nitrogen and oxygen atoms in total. The first-order valence-corrected chi connectivity index (χ1v) is 4.98. The lowest BCUT2D eigenvalue weighted by Gasteiger charge is -2.35. The van der Waals surface area contributed by atoms with Crippen LogP contribution in [-0.4, -0.2) is 40.2 Å². The highest BCUT2D eigenvalue weighted by atomic mass is 32.2. The molecule has 1 fully saturated rings. The summed E-state index contributed by atoms with van der Waals surface area (Å²) < 4.78 is 5.13. The average Bonchev–Trinajstić information content (AvgIpc) is 1.85. The Labute approximate surface area is 70.7 Å². The summed E-state index contributed by atoms with van der Waals surface area (Å²) in [5, 5.41) is 18.6. The number of hydrogen-bond donors (Lipinski definition) is 2. The van der Waals surface area contributed by atoms with Crippen LogP contribution in [0.1, 0.15) is 13.3 Å². The van der Waals surface area contributed by atoms with Crippen molar-refractivity contribution in [3.8, 4) is 0 Å². The average molecular weight is 178 g/mol. The highest BCUT2D eigenvalue weighted by Crippen LogP contribution is 2.26. The Morgan fingerprint density at radius 2 is 2.09 bits per heavy atom. The molecule has 1 aliphatic heterocycles. The monoisotopic (exact) mass is 178 g/mol. The molecule has 66 valence electrons. The van der Waals surface area contributed by atoms with Gasteiger partial charge in [-0.2, -0.15) is 11.8 Å². The Morgan fingerprint density at radius 1 is 1.45 bits per heavy atom. The Bertz CT molecular complexity index is 119. The summed E-state index contributed by atoms with van der Waals surface area (Å²) >= 11 is 1.58. The van der Waals surface area contributed by atoms with Gasteiger partial charge >= 0.3 is 0 Å². The predicted octanol–water partition coefficient (Wildman–Crippen LogP) is 0.206. The fraction of sp³-hybridized carbons (Fsp3) is 1.00. The van der Waals surface area contributed by atoms with Crippen molar-refractivity contribution in [3.05, 3.63) is 0 Å². The molecule has 4 heteroatoms. The summed E-state index contributed by atoms with van der Waals surface area (Å²) in [6, 6.07) is 0.